The summed E-state index contributed by atoms with van der Waals surface area (Å²) in [5.41, 5.74) is 1.51. The number of fused-ring (bicyclic) bond motifs is 1. The Hall–Kier alpha value is -1.80. The molecule has 0 amide bonds. The predicted molar refractivity (Wildman–Crippen MR) is 53.0 cm³/mol. The van der Waals surface area contributed by atoms with E-state index in [0.717, 1.165) is 12.2 Å². The molecule has 1 aromatic carbocycles. The highest BCUT2D eigenvalue weighted by Crippen LogP contribution is 2.38. The van der Waals surface area contributed by atoms with Crippen molar-refractivity contribution >= 4 is 17.5 Å². The van der Waals surface area contributed by atoms with Crippen LogP contribution in [0.25, 0.3) is 0 Å². The molecule has 0 saturated heterocycles. The van der Waals surface area contributed by atoms with E-state index in [1.54, 1.807) is 6.07 Å². The van der Waals surface area contributed by atoms with Gasteiger partial charge in [0.25, 0.3) is 0 Å². The van der Waals surface area contributed by atoms with Crippen molar-refractivity contribution in [2.75, 3.05) is 25.1 Å². The summed E-state index contributed by atoms with van der Waals surface area (Å²) in [6.07, 6.45) is 1.53. The maximum absolute atomic E-state index is 10.2. The van der Waals surface area contributed by atoms with Gasteiger partial charge in [0, 0.05) is 7.05 Å². The third-order valence-corrected chi connectivity index (χ3v) is 2.22. The lowest BCUT2D eigenvalue weighted by Gasteiger charge is -2.27. The maximum atomic E-state index is 10.2. The number of aliphatic imine (C=N–C) groups is 1. The quantitative estimate of drug-likeness (QED) is 0.497. The summed E-state index contributed by atoms with van der Waals surface area (Å²) in [7, 11) is 1.98. The van der Waals surface area contributed by atoms with E-state index in [0.29, 0.717) is 18.0 Å². The summed E-state index contributed by atoms with van der Waals surface area (Å²) in [6.45, 7) is 1.47. The monoisotopic (exact) mass is 190 g/mol. The molecule has 0 aromatic heterocycles. The van der Waals surface area contributed by atoms with E-state index < -0.39 is 0 Å². The Bertz CT molecular complexity index is 397. The molecular formula is C10H10N2O2. The highest BCUT2D eigenvalue weighted by molar-refractivity contribution is 5.72. The summed E-state index contributed by atoms with van der Waals surface area (Å²) >= 11 is 0. The van der Waals surface area contributed by atoms with Crippen LogP contribution in [-0.4, -0.2) is 26.3 Å². The topological polar surface area (TPSA) is 41.9 Å². The second kappa shape index (κ2) is 3.52. The summed E-state index contributed by atoms with van der Waals surface area (Å²) in [6, 6.07) is 5.53. The largest absolute Gasteiger partial charge is 0.487 e. The fourth-order valence-electron chi connectivity index (χ4n) is 1.50. The van der Waals surface area contributed by atoms with Crippen molar-refractivity contribution in [1.82, 2.24) is 0 Å². The van der Waals surface area contributed by atoms with Crippen molar-refractivity contribution in [3.05, 3.63) is 18.2 Å². The normalized spacial score (nSPS) is 13.9. The van der Waals surface area contributed by atoms with Crippen molar-refractivity contribution < 1.29 is 9.53 Å². The molecule has 1 heterocycles. The number of nitrogens with zero attached hydrogens (tertiary/aromatic N) is 2. The Morgan fingerprint density at radius 1 is 1.57 bits per heavy atom. The highest BCUT2D eigenvalue weighted by Gasteiger charge is 2.17. The Morgan fingerprint density at radius 2 is 2.43 bits per heavy atom. The van der Waals surface area contributed by atoms with Crippen LogP contribution in [0.3, 0.4) is 0 Å². The molecule has 72 valence electrons. The standard InChI is InChI=1S/C10H10N2O2/c1-12-5-6-14-10-8(11-7-13)3-2-4-9(10)12/h2-4H,5-6H2,1H3. The fourth-order valence-corrected chi connectivity index (χ4v) is 1.50. The number of anilines is 1. The molecule has 0 bridgehead atoms. The molecule has 0 atom stereocenters. The number of hydrogen-bond acceptors (Lipinski definition) is 4. The zero-order chi connectivity index (χ0) is 9.97. The SMILES string of the molecule is CN1CCOc2c(N=C=O)cccc21. The second-order valence-electron chi connectivity index (χ2n) is 3.10. The molecule has 0 saturated carbocycles. The minimum absolute atomic E-state index is 0.545. The van der Waals surface area contributed by atoms with Gasteiger partial charge in [-0.15, -0.1) is 0 Å². The third-order valence-electron chi connectivity index (χ3n) is 2.22. The first-order valence-electron chi connectivity index (χ1n) is 4.38. The van der Waals surface area contributed by atoms with Gasteiger partial charge in [0.1, 0.15) is 12.3 Å². The molecule has 0 unspecified atom stereocenters. The Kier molecular flexibility index (Phi) is 2.21. The molecule has 1 aliphatic heterocycles. The van der Waals surface area contributed by atoms with Crippen molar-refractivity contribution in [3.8, 4) is 5.75 Å². The molecular weight excluding hydrogens is 180 g/mol. The minimum Gasteiger partial charge on any atom is -0.487 e. The average molecular weight is 190 g/mol. The molecule has 0 aliphatic carbocycles. The Balaban J connectivity index is 2.54. The molecule has 0 fully saturated rings. The number of isocyanates is 1. The van der Waals surface area contributed by atoms with E-state index in [-0.39, 0.29) is 0 Å². The molecule has 14 heavy (non-hydrogen) atoms. The van der Waals surface area contributed by atoms with E-state index in [4.69, 9.17) is 4.74 Å². The van der Waals surface area contributed by atoms with Gasteiger partial charge in [-0.2, -0.15) is 4.99 Å². The predicted octanol–water partition coefficient (Wildman–Crippen LogP) is 1.48. The summed E-state index contributed by atoms with van der Waals surface area (Å²) in [5.74, 6) is 0.671. The molecule has 0 spiro atoms. The summed E-state index contributed by atoms with van der Waals surface area (Å²) in [4.78, 5) is 15.9. The van der Waals surface area contributed by atoms with Crippen LogP contribution in [0, 0.1) is 0 Å². The van der Waals surface area contributed by atoms with E-state index in [9.17, 15) is 4.79 Å². The number of benzene rings is 1. The zero-order valence-electron chi connectivity index (χ0n) is 7.86. The minimum atomic E-state index is 0.545. The highest BCUT2D eigenvalue weighted by atomic mass is 16.5. The van der Waals surface area contributed by atoms with Crippen LogP contribution < -0.4 is 9.64 Å². The summed E-state index contributed by atoms with van der Waals surface area (Å²) in [5, 5.41) is 0. The summed E-state index contributed by atoms with van der Waals surface area (Å²) < 4.78 is 5.46. The number of hydrogen-bond donors (Lipinski definition) is 0. The van der Waals surface area contributed by atoms with E-state index in [1.165, 1.54) is 6.08 Å². The van der Waals surface area contributed by atoms with Gasteiger partial charge in [-0.05, 0) is 12.1 Å². The van der Waals surface area contributed by atoms with E-state index in [2.05, 4.69) is 9.89 Å². The first-order valence-corrected chi connectivity index (χ1v) is 4.38. The van der Waals surface area contributed by atoms with Crippen LogP contribution in [0.5, 0.6) is 5.75 Å². The van der Waals surface area contributed by atoms with Crippen molar-refractivity contribution in [3.63, 3.8) is 0 Å². The molecule has 4 heteroatoms. The lowest BCUT2D eigenvalue weighted by Crippen LogP contribution is -2.28. The van der Waals surface area contributed by atoms with Gasteiger partial charge in [-0.1, -0.05) is 6.07 Å². The van der Waals surface area contributed by atoms with Crippen LogP contribution in [0.15, 0.2) is 23.2 Å². The van der Waals surface area contributed by atoms with E-state index in [1.807, 2.05) is 19.2 Å². The number of para-hydroxylation sites is 1. The molecule has 4 nitrogen and oxygen atoms in total. The first-order chi connectivity index (χ1) is 6.83. The van der Waals surface area contributed by atoms with Crippen molar-refractivity contribution in [1.29, 1.82) is 0 Å². The smallest absolute Gasteiger partial charge is 0.240 e. The number of ether oxygens (including phenoxy) is 1. The zero-order valence-corrected chi connectivity index (χ0v) is 7.86. The lowest BCUT2D eigenvalue weighted by molar-refractivity contribution is 0.312. The van der Waals surface area contributed by atoms with Crippen LogP contribution in [-0.2, 0) is 4.79 Å². The fraction of sp³-hybridized carbons (Fsp3) is 0.300. The molecule has 1 aliphatic rings. The second-order valence-corrected chi connectivity index (χ2v) is 3.10. The van der Waals surface area contributed by atoms with Gasteiger partial charge in [0.15, 0.2) is 5.75 Å². The average Bonchev–Trinajstić information content (AvgIpc) is 2.20. The molecule has 2 rings (SSSR count). The number of rotatable bonds is 1. The van der Waals surface area contributed by atoms with Crippen LogP contribution >= 0.6 is 0 Å². The molecule has 1 aromatic rings. The Labute approximate surface area is 81.8 Å². The van der Waals surface area contributed by atoms with Crippen molar-refractivity contribution in [2.24, 2.45) is 4.99 Å². The Morgan fingerprint density at radius 3 is 3.21 bits per heavy atom. The van der Waals surface area contributed by atoms with Crippen LogP contribution in [0.1, 0.15) is 0 Å². The van der Waals surface area contributed by atoms with Gasteiger partial charge < -0.3 is 9.64 Å². The van der Waals surface area contributed by atoms with E-state index >= 15 is 0 Å². The van der Waals surface area contributed by atoms with Crippen LogP contribution in [0.2, 0.25) is 0 Å². The van der Waals surface area contributed by atoms with Gasteiger partial charge in [0.05, 0.1) is 12.2 Å². The number of likely N-dealkylation sites (N-methyl/N-ethyl adjacent to an activating group) is 1. The first kappa shape index (κ1) is 8.78. The number of carbonyl (C=O) groups excluding carboxylic acids is 1. The lowest BCUT2D eigenvalue weighted by atomic mass is 10.2. The maximum Gasteiger partial charge on any atom is 0.240 e. The van der Waals surface area contributed by atoms with Gasteiger partial charge in [-0.25, -0.2) is 4.79 Å². The third kappa shape index (κ3) is 1.36. The van der Waals surface area contributed by atoms with Gasteiger partial charge in [0.2, 0.25) is 6.08 Å². The van der Waals surface area contributed by atoms with Gasteiger partial charge in [-0.3, -0.25) is 0 Å². The van der Waals surface area contributed by atoms with Crippen LogP contribution in [0.4, 0.5) is 11.4 Å². The van der Waals surface area contributed by atoms with Gasteiger partial charge >= 0.3 is 0 Å². The van der Waals surface area contributed by atoms with Crippen molar-refractivity contribution in [2.45, 2.75) is 0 Å². The molecule has 0 N–H and O–H groups in total. The molecule has 0 radical (unpaired) electrons.